The molecule has 290 valence electrons. The molecule has 1 heterocycles. The third kappa shape index (κ3) is 8.92. The molecule has 6 rings (SSSR count). The van der Waals surface area contributed by atoms with Crippen LogP contribution in [0.5, 0.6) is 17.2 Å². The molecule has 12 nitrogen and oxygen atoms in total. The Labute approximate surface area is 317 Å². The number of hydrogen-bond donors (Lipinski definition) is 2. The Balaban J connectivity index is 1.53. The van der Waals surface area contributed by atoms with Crippen molar-refractivity contribution in [2.75, 3.05) is 21.3 Å². The number of hydrogen-bond acceptors (Lipinski definition) is 9. The second-order valence-corrected chi connectivity index (χ2v) is 15.2. The van der Waals surface area contributed by atoms with Crippen molar-refractivity contribution in [3.05, 3.63) is 113 Å². The Hall–Kier alpha value is -5.48. The van der Waals surface area contributed by atoms with Crippen molar-refractivity contribution in [2.45, 2.75) is 62.3 Å². The van der Waals surface area contributed by atoms with Crippen LogP contribution in [0.25, 0.3) is 11.4 Å². The zero-order valence-corrected chi connectivity index (χ0v) is 31.4. The lowest BCUT2D eigenvalue weighted by Gasteiger charge is -2.31. The first-order valence-electron chi connectivity index (χ1n) is 17.6. The van der Waals surface area contributed by atoms with Crippen LogP contribution >= 0.6 is 0 Å². The summed E-state index contributed by atoms with van der Waals surface area (Å²) < 4.78 is 92.9. The highest BCUT2D eigenvalue weighted by atomic mass is 32.2. The molecular formula is C39H42F3N7O5S. The third-order valence-corrected chi connectivity index (χ3v) is 11.8. The third-order valence-electron chi connectivity index (χ3n) is 9.90. The van der Waals surface area contributed by atoms with Gasteiger partial charge < -0.3 is 19.9 Å². The van der Waals surface area contributed by atoms with Crippen molar-refractivity contribution in [1.82, 2.24) is 24.5 Å². The van der Waals surface area contributed by atoms with Gasteiger partial charge in [-0.1, -0.05) is 42.5 Å². The van der Waals surface area contributed by atoms with Gasteiger partial charge in [0.1, 0.15) is 22.1 Å². The number of nitrogens with two attached hydrogens (primary N) is 1. The number of benzene rings is 4. The number of halogens is 3. The molecule has 0 spiro atoms. The number of nitrogens with zero attached hydrogens (tertiary/aromatic N) is 5. The zero-order valence-electron chi connectivity index (χ0n) is 30.6. The van der Waals surface area contributed by atoms with E-state index in [1.54, 1.807) is 79.9 Å². The van der Waals surface area contributed by atoms with Crippen LogP contribution in [-0.2, 0) is 35.8 Å². The Morgan fingerprint density at radius 2 is 1.29 bits per heavy atom. The van der Waals surface area contributed by atoms with Crippen LogP contribution < -0.4 is 19.9 Å². The maximum atomic E-state index is 15.2. The molecule has 1 saturated carbocycles. The standard InChI is InChI=1S/C39H42F3N7O5S/c1-52-30-14-4-25(5-15-30)22-48(23-26-6-16-31(53-2)17-7-26)55(50,51)36-34(39(40,41)42)21-20-33(28-10-12-29(13-11-28)37(43)44)35(36)38-45-47-49(46-38)24-27-8-18-32(54-3)19-9-27/h4-9,14-21,28-29H,10-13,22-24H2,1-3H3,(H3,43,44). The van der Waals surface area contributed by atoms with Crippen LogP contribution in [0.4, 0.5) is 13.2 Å². The quantitative estimate of drug-likeness (QED) is 0.0892. The highest BCUT2D eigenvalue weighted by molar-refractivity contribution is 7.89. The first kappa shape index (κ1) is 39.2. The molecule has 1 aliphatic rings. The van der Waals surface area contributed by atoms with Crippen molar-refractivity contribution in [1.29, 1.82) is 5.41 Å². The number of aromatic nitrogens is 4. The molecule has 0 amide bonds. The van der Waals surface area contributed by atoms with Gasteiger partial charge in [0.15, 0.2) is 0 Å². The molecule has 0 radical (unpaired) electrons. The van der Waals surface area contributed by atoms with E-state index in [2.05, 4.69) is 15.4 Å². The number of sulfonamides is 1. The molecule has 5 aromatic rings. The lowest BCUT2D eigenvalue weighted by atomic mass is 9.76. The van der Waals surface area contributed by atoms with Crippen molar-refractivity contribution >= 4 is 15.9 Å². The molecule has 1 aliphatic carbocycles. The predicted octanol–water partition coefficient (Wildman–Crippen LogP) is 7.03. The fourth-order valence-corrected chi connectivity index (χ4v) is 8.73. The van der Waals surface area contributed by atoms with Gasteiger partial charge in [0.25, 0.3) is 0 Å². The van der Waals surface area contributed by atoms with Crippen LogP contribution in [0.3, 0.4) is 0 Å². The van der Waals surface area contributed by atoms with E-state index < -0.39 is 26.7 Å². The second-order valence-electron chi connectivity index (χ2n) is 13.4. The fourth-order valence-electron chi connectivity index (χ4n) is 6.90. The van der Waals surface area contributed by atoms with Crippen molar-refractivity contribution < 1.29 is 35.8 Å². The summed E-state index contributed by atoms with van der Waals surface area (Å²) in [4.78, 5) is 0.272. The van der Waals surface area contributed by atoms with Gasteiger partial charge in [0.05, 0.1) is 39.3 Å². The monoisotopic (exact) mass is 777 g/mol. The van der Waals surface area contributed by atoms with Gasteiger partial charge in [-0.25, -0.2) is 8.42 Å². The van der Waals surface area contributed by atoms with E-state index in [1.165, 1.54) is 25.1 Å². The average molecular weight is 778 g/mol. The normalized spacial score (nSPS) is 16.2. The molecule has 0 bridgehead atoms. The van der Waals surface area contributed by atoms with Crippen LogP contribution in [0.1, 0.15) is 59.4 Å². The van der Waals surface area contributed by atoms with Crippen LogP contribution in [0.15, 0.2) is 89.8 Å². The number of methoxy groups -OCH3 is 3. The van der Waals surface area contributed by atoms with E-state index in [-0.39, 0.29) is 48.7 Å². The smallest absolute Gasteiger partial charge is 0.417 e. The molecule has 0 unspecified atom stereocenters. The SMILES string of the molecule is COc1ccc(CN(Cc2ccc(OC)cc2)S(=O)(=O)c2c(C(F)(F)F)ccc(C3CCC(C(=N)N)CC3)c2-c2nnn(Cc3ccc(OC)cc3)n2)cc1. The number of nitrogens with one attached hydrogen (secondary N) is 1. The maximum absolute atomic E-state index is 15.2. The molecule has 0 saturated heterocycles. The summed E-state index contributed by atoms with van der Waals surface area (Å²) in [7, 11) is -0.464. The van der Waals surface area contributed by atoms with Gasteiger partial charge >= 0.3 is 6.18 Å². The van der Waals surface area contributed by atoms with Gasteiger partial charge in [-0.15, -0.1) is 10.2 Å². The Morgan fingerprint density at radius 3 is 1.75 bits per heavy atom. The summed E-state index contributed by atoms with van der Waals surface area (Å²) in [5.74, 6) is 0.947. The van der Waals surface area contributed by atoms with E-state index in [4.69, 9.17) is 25.4 Å². The number of tetrazole rings is 1. The molecule has 3 N–H and O–H groups in total. The first-order chi connectivity index (χ1) is 26.3. The molecular weight excluding hydrogens is 736 g/mol. The Bertz CT molecular complexity index is 2160. The molecule has 16 heteroatoms. The van der Waals surface area contributed by atoms with Gasteiger partial charge in [-0.05, 0) is 102 Å². The van der Waals surface area contributed by atoms with Gasteiger partial charge in [0.2, 0.25) is 15.8 Å². The molecule has 0 atom stereocenters. The number of amidine groups is 1. The first-order valence-corrected chi connectivity index (χ1v) is 19.0. The van der Waals surface area contributed by atoms with Crippen LogP contribution in [0, 0.1) is 11.3 Å². The molecule has 0 aliphatic heterocycles. The molecule has 55 heavy (non-hydrogen) atoms. The summed E-state index contributed by atoms with van der Waals surface area (Å²) in [5, 5.41) is 20.8. The number of ether oxygens (including phenoxy) is 3. The summed E-state index contributed by atoms with van der Waals surface area (Å²) in [6, 6.07) is 22.5. The topological polar surface area (TPSA) is 159 Å². The summed E-state index contributed by atoms with van der Waals surface area (Å²) >= 11 is 0. The summed E-state index contributed by atoms with van der Waals surface area (Å²) in [6.07, 6.45) is -3.12. The van der Waals surface area contributed by atoms with Crippen molar-refractivity contribution in [3.63, 3.8) is 0 Å². The van der Waals surface area contributed by atoms with Gasteiger partial charge in [-0.3, -0.25) is 5.41 Å². The van der Waals surface area contributed by atoms with E-state index in [9.17, 15) is 0 Å². The highest BCUT2D eigenvalue weighted by Gasteiger charge is 2.44. The maximum Gasteiger partial charge on any atom is 0.417 e. The van der Waals surface area contributed by atoms with E-state index in [0.29, 0.717) is 59.6 Å². The van der Waals surface area contributed by atoms with Crippen molar-refractivity contribution in [3.8, 4) is 28.6 Å². The van der Waals surface area contributed by atoms with E-state index >= 15 is 21.6 Å². The minimum atomic E-state index is -5.08. The Morgan fingerprint density at radius 1 is 0.800 bits per heavy atom. The largest absolute Gasteiger partial charge is 0.497 e. The van der Waals surface area contributed by atoms with Crippen molar-refractivity contribution in [2.24, 2.45) is 11.7 Å². The summed E-state index contributed by atoms with van der Waals surface area (Å²) in [5.41, 5.74) is 6.38. The average Bonchev–Trinajstić information content (AvgIpc) is 3.65. The summed E-state index contributed by atoms with van der Waals surface area (Å²) in [6.45, 7) is -0.417. The number of rotatable bonds is 14. The van der Waals surface area contributed by atoms with Crippen LogP contribution in [-0.4, -0.2) is 60.1 Å². The minimum Gasteiger partial charge on any atom is -0.497 e. The van der Waals surface area contributed by atoms with E-state index in [0.717, 1.165) is 15.9 Å². The lowest BCUT2D eigenvalue weighted by Crippen LogP contribution is -2.33. The minimum absolute atomic E-state index is 0.0465. The number of alkyl halides is 3. The van der Waals surface area contributed by atoms with Crippen LogP contribution in [0.2, 0.25) is 0 Å². The Kier molecular flexibility index (Phi) is 11.8. The predicted molar refractivity (Wildman–Crippen MR) is 199 cm³/mol. The second kappa shape index (κ2) is 16.5. The molecule has 4 aromatic carbocycles. The molecule has 1 fully saturated rings. The fraction of sp³-hybridized carbons (Fsp3) is 0.333. The zero-order chi connectivity index (χ0) is 39.3. The van der Waals surface area contributed by atoms with Gasteiger partial charge in [-0.2, -0.15) is 22.3 Å². The van der Waals surface area contributed by atoms with E-state index in [1.807, 2.05) is 0 Å². The highest BCUT2D eigenvalue weighted by Crippen LogP contribution is 2.47. The molecule has 1 aromatic heterocycles. The lowest BCUT2D eigenvalue weighted by molar-refractivity contribution is -0.139. The van der Waals surface area contributed by atoms with Gasteiger partial charge in [0, 0.05) is 24.6 Å².